The van der Waals surface area contributed by atoms with Gasteiger partial charge in [-0.2, -0.15) is 0 Å². The van der Waals surface area contributed by atoms with Gasteiger partial charge in [0.1, 0.15) is 0 Å². The molecular formula is C12H24N2O. The average molecular weight is 212 g/mol. The van der Waals surface area contributed by atoms with Crippen LogP contribution in [0.5, 0.6) is 0 Å². The fourth-order valence-corrected chi connectivity index (χ4v) is 2.17. The Bertz CT molecular complexity index is 202. The normalized spacial score (nSPS) is 26.8. The Morgan fingerprint density at radius 3 is 2.87 bits per heavy atom. The van der Waals surface area contributed by atoms with E-state index in [2.05, 4.69) is 24.1 Å². The molecule has 15 heavy (non-hydrogen) atoms. The lowest BCUT2D eigenvalue weighted by Crippen LogP contribution is -2.53. The zero-order valence-electron chi connectivity index (χ0n) is 10.1. The highest BCUT2D eigenvalue weighted by atomic mass is 16.5. The van der Waals surface area contributed by atoms with E-state index in [1.165, 1.54) is 32.4 Å². The van der Waals surface area contributed by atoms with E-state index >= 15 is 0 Å². The van der Waals surface area contributed by atoms with E-state index < -0.39 is 0 Å². The van der Waals surface area contributed by atoms with Crippen molar-refractivity contribution < 1.29 is 4.74 Å². The van der Waals surface area contributed by atoms with Crippen LogP contribution in [0.2, 0.25) is 0 Å². The summed E-state index contributed by atoms with van der Waals surface area (Å²) in [6, 6.07) is 0.850. The fourth-order valence-electron chi connectivity index (χ4n) is 2.17. The molecular weight excluding hydrogens is 188 g/mol. The monoisotopic (exact) mass is 212 g/mol. The molecule has 0 amide bonds. The van der Waals surface area contributed by atoms with E-state index in [4.69, 9.17) is 4.74 Å². The Labute approximate surface area is 93.2 Å². The second-order valence-electron chi connectivity index (χ2n) is 5.43. The largest absolute Gasteiger partial charge is 0.378 e. The predicted octanol–water partition coefficient (Wildman–Crippen LogP) is 1.24. The van der Waals surface area contributed by atoms with Gasteiger partial charge in [0, 0.05) is 24.7 Å². The summed E-state index contributed by atoms with van der Waals surface area (Å²) >= 11 is 0. The maximum absolute atomic E-state index is 5.51. The molecule has 3 nitrogen and oxygen atoms in total. The molecule has 0 aromatic rings. The summed E-state index contributed by atoms with van der Waals surface area (Å²) in [6.45, 7) is 9.81. The molecule has 1 heterocycles. The molecule has 1 N–H and O–H groups in total. The van der Waals surface area contributed by atoms with Crippen molar-refractivity contribution in [2.75, 3.05) is 32.8 Å². The summed E-state index contributed by atoms with van der Waals surface area (Å²) < 4.78 is 5.51. The molecule has 2 fully saturated rings. The Morgan fingerprint density at radius 2 is 2.20 bits per heavy atom. The van der Waals surface area contributed by atoms with Crippen LogP contribution < -0.4 is 5.32 Å². The predicted molar refractivity (Wildman–Crippen MR) is 62.1 cm³/mol. The summed E-state index contributed by atoms with van der Waals surface area (Å²) in [5.41, 5.74) is 0.234. The van der Waals surface area contributed by atoms with Gasteiger partial charge in [0.25, 0.3) is 0 Å². The van der Waals surface area contributed by atoms with Gasteiger partial charge in [-0.1, -0.05) is 0 Å². The third-order valence-electron chi connectivity index (χ3n) is 3.43. The highest BCUT2D eigenvalue weighted by Crippen LogP contribution is 2.20. The number of nitrogens with one attached hydrogen (secondary N) is 1. The van der Waals surface area contributed by atoms with Crippen LogP contribution in [0.25, 0.3) is 0 Å². The molecule has 3 heteroatoms. The third kappa shape index (κ3) is 3.44. The van der Waals surface area contributed by atoms with Crippen LogP contribution >= 0.6 is 0 Å². The molecule has 1 aliphatic heterocycles. The maximum Gasteiger partial charge on any atom is 0.0645 e. The van der Waals surface area contributed by atoms with Crippen molar-refractivity contribution in [1.82, 2.24) is 10.2 Å². The van der Waals surface area contributed by atoms with Crippen LogP contribution in [0.15, 0.2) is 0 Å². The third-order valence-corrected chi connectivity index (χ3v) is 3.43. The van der Waals surface area contributed by atoms with Gasteiger partial charge in [0.05, 0.1) is 13.2 Å². The minimum atomic E-state index is 0.234. The van der Waals surface area contributed by atoms with Crippen molar-refractivity contribution in [1.29, 1.82) is 0 Å². The highest BCUT2D eigenvalue weighted by Gasteiger charge is 2.29. The zero-order chi connectivity index (χ0) is 10.7. The second kappa shape index (κ2) is 4.81. The van der Waals surface area contributed by atoms with Gasteiger partial charge in [-0.25, -0.2) is 0 Å². The van der Waals surface area contributed by atoms with Crippen molar-refractivity contribution in [2.45, 2.75) is 44.7 Å². The van der Waals surface area contributed by atoms with Crippen LogP contribution in [0.1, 0.15) is 33.1 Å². The molecule has 0 unspecified atom stereocenters. The lowest BCUT2D eigenvalue weighted by molar-refractivity contribution is -0.0510. The zero-order valence-corrected chi connectivity index (χ0v) is 10.1. The van der Waals surface area contributed by atoms with Gasteiger partial charge >= 0.3 is 0 Å². The van der Waals surface area contributed by atoms with Crippen LogP contribution in [-0.2, 0) is 4.74 Å². The summed E-state index contributed by atoms with van der Waals surface area (Å²) in [5, 5.41) is 3.57. The van der Waals surface area contributed by atoms with Crippen molar-refractivity contribution in [3.05, 3.63) is 0 Å². The van der Waals surface area contributed by atoms with Gasteiger partial charge in [-0.15, -0.1) is 0 Å². The Hall–Kier alpha value is -0.120. The SMILES string of the molecule is CC1(C)COCCN1CCCNC1CC1. The first-order chi connectivity index (χ1) is 7.18. The van der Waals surface area contributed by atoms with Gasteiger partial charge < -0.3 is 10.1 Å². The molecule has 1 saturated carbocycles. The smallest absolute Gasteiger partial charge is 0.0645 e. The number of morpholine rings is 1. The van der Waals surface area contributed by atoms with Crippen LogP contribution in [0, 0.1) is 0 Å². The van der Waals surface area contributed by atoms with Crippen molar-refractivity contribution in [3.63, 3.8) is 0 Å². The summed E-state index contributed by atoms with van der Waals surface area (Å²) in [6.07, 6.45) is 4.05. The van der Waals surface area contributed by atoms with E-state index in [9.17, 15) is 0 Å². The molecule has 0 aromatic heterocycles. The number of hydrogen-bond donors (Lipinski definition) is 1. The van der Waals surface area contributed by atoms with E-state index in [-0.39, 0.29) is 5.54 Å². The molecule has 88 valence electrons. The van der Waals surface area contributed by atoms with Crippen molar-refractivity contribution >= 4 is 0 Å². The maximum atomic E-state index is 5.51. The average Bonchev–Trinajstić information content (AvgIpc) is 2.98. The lowest BCUT2D eigenvalue weighted by Gasteiger charge is -2.42. The van der Waals surface area contributed by atoms with Crippen LogP contribution in [-0.4, -0.2) is 49.3 Å². The molecule has 2 aliphatic rings. The van der Waals surface area contributed by atoms with Gasteiger partial charge in [-0.3, -0.25) is 4.90 Å². The van der Waals surface area contributed by atoms with Crippen molar-refractivity contribution in [3.8, 4) is 0 Å². The number of rotatable bonds is 5. The fraction of sp³-hybridized carbons (Fsp3) is 1.00. The highest BCUT2D eigenvalue weighted by molar-refractivity contribution is 4.85. The minimum absolute atomic E-state index is 0.234. The first-order valence-corrected chi connectivity index (χ1v) is 6.25. The Kier molecular flexibility index (Phi) is 3.65. The summed E-state index contributed by atoms with van der Waals surface area (Å²) in [7, 11) is 0. The number of ether oxygens (including phenoxy) is 1. The topological polar surface area (TPSA) is 24.5 Å². The quantitative estimate of drug-likeness (QED) is 0.694. The Morgan fingerprint density at radius 1 is 1.40 bits per heavy atom. The van der Waals surface area contributed by atoms with Gasteiger partial charge in [0.15, 0.2) is 0 Å². The molecule has 0 spiro atoms. The van der Waals surface area contributed by atoms with Crippen LogP contribution in [0.4, 0.5) is 0 Å². The van der Waals surface area contributed by atoms with Gasteiger partial charge in [-0.05, 0) is 39.7 Å². The Balaban J connectivity index is 1.63. The standard InChI is InChI=1S/C12H24N2O/c1-12(2)10-15-9-8-14(12)7-3-6-13-11-4-5-11/h11,13H,3-10H2,1-2H3. The summed E-state index contributed by atoms with van der Waals surface area (Å²) in [5.74, 6) is 0. The molecule has 0 atom stereocenters. The molecule has 0 radical (unpaired) electrons. The lowest BCUT2D eigenvalue weighted by atomic mass is 10.0. The molecule has 1 saturated heterocycles. The minimum Gasteiger partial charge on any atom is -0.378 e. The first-order valence-electron chi connectivity index (χ1n) is 6.25. The molecule has 2 rings (SSSR count). The van der Waals surface area contributed by atoms with E-state index in [1.807, 2.05) is 0 Å². The van der Waals surface area contributed by atoms with E-state index in [0.717, 1.165) is 25.8 Å². The molecule has 1 aliphatic carbocycles. The van der Waals surface area contributed by atoms with E-state index in [0.29, 0.717) is 0 Å². The van der Waals surface area contributed by atoms with Crippen LogP contribution in [0.3, 0.4) is 0 Å². The van der Waals surface area contributed by atoms with Gasteiger partial charge in [0.2, 0.25) is 0 Å². The van der Waals surface area contributed by atoms with E-state index in [1.54, 1.807) is 0 Å². The molecule has 0 bridgehead atoms. The molecule has 0 aromatic carbocycles. The second-order valence-corrected chi connectivity index (χ2v) is 5.43. The number of hydrogen-bond acceptors (Lipinski definition) is 3. The first kappa shape index (κ1) is 11.4. The summed E-state index contributed by atoms with van der Waals surface area (Å²) in [4.78, 5) is 2.56. The van der Waals surface area contributed by atoms with Crippen molar-refractivity contribution in [2.24, 2.45) is 0 Å². The number of nitrogens with zero attached hydrogens (tertiary/aromatic N) is 1.